The van der Waals surface area contributed by atoms with Crippen molar-refractivity contribution in [1.29, 1.82) is 0 Å². The molecule has 0 saturated carbocycles. The summed E-state index contributed by atoms with van der Waals surface area (Å²) in [5.74, 6) is 0. The fourth-order valence-corrected chi connectivity index (χ4v) is 2.11. The van der Waals surface area contributed by atoms with Gasteiger partial charge in [-0.2, -0.15) is 0 Å². The molecule has 0 fully saturated rings. The van der Waals surface area contributed by atoms with Gasteiger partial charge in [0, 0.05) is 6.04 Å². The van der Waals surface area contributed by atoms with Crippen LogP contribution in [0.25, 0.3) is 0 Å². The van der Waals surface area contributed by atoms with E-state index in [9.17, 15) is 0 Å². The zero-order valence-electron chi connectivity index (χ0n) is 11.4. The van der Waals surface area contributed by atoms with Crippen LogP contribution in [0.3, 0.4) is 0 Å². The third-order valence-corrected chi connectivity index (χ3v) is 2.98. The van der Waals surface area contributed by atoms with Crippen molar-refractivity contribution in [2.75, 3.05) is 6.54 Å². The van der Waals surface area contributed by atoms with Crippen LogP contribution in [0.1, 0.15) is 37.8 Å². The fraction of sp³-hybridized carbons (Fsp3) is 0.500. The number of hydrogen-bond donors (Lipinski definition) is 1. The molecule has 0 aliphatic heterocycles. The molecule has 1 unspecified atom stereocenters. The molecule has 1 aromatic carbocycles. The topological polar surface area (TPSA) is 12.0 Å². The SMILES string of the molecule is C=C(C)CCC(Cc1cccc(C)c1)NCC. The average Bonchev–Trinajstić information content (AvgIpc) is 2.26. The van der Waals surface area contributed by atoms with E-state index < -0.39 is 0 Å². The summed E-state index contributed by atoms with van der Waals surface area (Å²) in [6.45, 7) is 11.4. The maximum absolute atomic E-state index is 3.98. The second kappa shape index (κ2) is 7.29. The van der Waals surface area contributed by atoms with Gasteiger partial charge >= 0.3 is 0 Å². The minimum absolute atomic E-state index is 0.568. The maximum atomic E-state index is 3.98. The van der Waals surface area contributed by atoms with E-state index in [0.717, 1.165) is 19.4 Å². The first-order valence-electron chi connectivity index (χ1n) is 6.55. The first-order valence-corrected chi connectivity index (χ1v) is 6.55. The monoisotopic (exact) mass is 231 g/mol. The van der Waals surface area contributed by atoms with Crippen LogP contribution >= 0.6 is 0 Å². The first-order chi connectivity index (χ1) is 8.11. The Kier molecular flexibility index (Phi) is 5.99. The largest absolute Gasteiger partial charge is 0.314 e. The number of hydrogen-bond acceptors (Lipinski definition) is 1. The van der Waals surface area contributed by atoms with Crippen molar-refractivity contribution in [3.05, 3.63) is 47.5 Å². The highest BCUT2D eigenvalue weighted by Crippen LogP contribution is 2.12. The van der Waals surface area contributed by atoms with Crippen LogP contribution in [0.4, 0.5) is 0 Å². The Hall–Kier alpha value is -1.08. The second-order valence-electron chi connectivity index (χ2n) is 4.94. The van der Waals surface area contributed by atoms with Crippen LogP contribution in [-0.4, -0.2) is 12.6 Å². The summed E-state index contributed by atoms with van der Waals surface area (Å²) in [5.41, 5.74) is 4.05. The Morgan fingerprint density at radius 2 is 2.18 bits per heavy atom. The van der Waals surface area contributed by atoms with Crippen LogP contribution in [0, 0.1) is 6.92 Å². The van der Waals surface area contributed by atoms with Gasteiger partial charge in [0.1, 0.15) is 0 Å². The molecule has 1 rings (SSSR count). The highest BCUT2D eigenvalue weighted by atomic mass is 14.9. The number of rotatable bonds is 7. The van der Waals surface area contributed by atoms with Crippen LogP contribution in [0.5, 0.6) is 0 Å². The van der Waals surface area contributed by atoms with E-state index in [2.05, 4.69) is 56.9 Å². The molecule has 0 spiro atoms. The molecule has 1 atom stereocenters. The van der Waals surface area contributed by atoms with E-state index in [1.807, 2.05) is 0 Å². The highest BCUT2D eigenvalue weighted by Gasteiger charge is 2.08. The predicted molar refractivity (Wildman–Crippen MR) is 76.4 cm³/mol. The maximum Gasteiger partial charge on any atom is 0.0110 e. The molecule has 0 radical (unpaired) electrons. The second-order valence-corrected chi connectivity index (χ2v) is 4.94. The van der Waals surface area contributed by atoms with Crippen molar-refractivity contribution in [3.8, 4) is 0 Å². The Morgan fingerprint density at radius 1 is 1.41 bits per heavy atom. The third-order valence-electron chi connectivity index (χ3n) is 2.98. The molecule has 1 aromatic rings. The van der Waals surface area contributed by atoms with Gasteiger partial charge in [0.2, 0.25) is 0 Å². The number of nitrogens with one attached hydrogen (secondary N) is 1. The van der Waals surface area contributed by atoms with Gasteiger partial charge < -0.3 is 5.32 Å². The number of aryl methyl sites for hydroxylation is 1. The van der Waals surface area contributed by atoms with E-state index in [1.165, 1.54) is 23.1 Å². The molecule has 0 bridgehead atoms. The average molecular weight is 231 g/mol. The highest BCUT2D eigenvalue weighted by molar-refractivity contribution is 5.23. The molecule has 1 nitrogen and oxygen atoms in total. The lowest BCUT2D eigenvalue weighted by Crippen LogP contribution is -2.31. The fourth-order valence-electron chi connectivity index (χ4n) is 2.11. The van der Waals surface area contributed by atoms with E-state index in [-0.39, 0.29) is 0 Å². The summed E-state index contributed by atoms with van der Waals surface area (Å²) in [6.07, 6.45) is 3.41. The zero-order valence-corrected chi connectivity index (χ0v) is 11.4. The van der Waals surface area contributed by atoms with E-state index >= 15 is 0 Å². The van der Waals surface area contributed by atoms with Crippen LogP contribution in [-0.2, 0) is 6.42 Å². The van der Waals surface area contributed by atoms with Crippen molar-refractivity contribution in [2.24, 2.45) is 0 Å². The minimum atomic E-state index is 0.568. The molecule has 0 amide bonds. The van der Waals surface area contributed by atoms with E-state index in [0.29, 0.717) is 6.04 Å². The molecule has 1 heteroatoms. The van der Waals surface area contributed by atoms with Crippen molar-refractivity contribution in [2.45, 2.75) is 46.1 Å². The van der Waals surface area contributed by atoms with Crippen molar-refractivity contribution in [1.82, 2.24) is 5.32 Å². The first kappa shape index (κ1) is 14.0. The molecular formula is C16H25N. The summed E-state index contributed by atoms with van der Waals surface area (Å²) in [5, 5.41) is 3.56. The summed E-state index contributed by atoms with van der Waals surface area (Å²) in [7, 11) is 0. The Bertz CT molecular complexity index is 354. The van der Waals surface area contributed by atoms with Crippen molar-refractivity contribution < 1.29 is 0 Å². The molecule has 0 aliphatic rings. The molecule has 0 heterocycles. The molecule has 94 valence electrons. The molecule has 0 aliphatic carbocycles. The standard InChI is InChI=1S/C16H25N/c1-5-17-16(10-9-13(2)3)12-15-8-6-7-14(4)11-15/h6-8,11,16-17H,2,5,9-10,12H2,1,3-4H3. The van der Waals surface area contributed by atoms with Crippen LogP contribution in [0.15, 0.2) is 36.4 Å². The summed E-state index contributed by atoms with van der Waals surface area (Å²) >= 11 is 0. The van der Waals surface area contributed by atoms with Crippen LogP contribution in [0.2, 0.25) is 0 Å². The summed E-state index contributed by atoms with van der Waals surface area (Å²) < 4.78 is 0. The van der Waals surface area contributed by atoms with Gasteiger partial charge in [-0.25, -0.2) is 0 Å². The van der Waals surface area contributed by atoms with Crippen molar-refractivity contribution in [3.63, 3.8) is 0 Å². The molecule has 0 aromatic heterocycles. The third kappa shape index (κ3) is 5.69. The van der Waals surface area contributed by atoms with Gasteiger partial charge in [-0.3, -0.25) is 0 Å². The van der Waals surface area contributed by atoms with Gasteiger partial charge in [-0.05, 0) is 45.2 Å². The van der Waals surface area contributed by atoms with Gasteiger partial charge in [-0.1, -0.05) is 42.3 Å². The normalized spacial score (nSPS) is 12.4. The van der Waals surface area contributed by atoms with Crippen LogP contribution < -0.4 is 5.32 Å². The number of likely N-dealkylation sites (N-methyl/N-ethyl adjacent to an activating group) is 1. The van der Waals surface area contributed by atoms with Gasteiger partial charge in [-0.15, -0.1) is 6.58 Å². The lowest BCUT2D eigenvalue weighted by Gasteiger charge is -2.18. The summed E-state index contributed by atoms with van der Waals surface area (Å²) in [6, 6.07) is 9.37. The lowest BCUT2D eigenvalue weighted by molar-refractivity contribution is 0.490. The lowest BCUT2D eigenvalue weighted by atomic mass is 9.99. The number of allylic oxidation sites excluding steroid dienone is 1. The molecule has 17 heavy (non-hydrogen) atoms. The van der Waals surface area contributed by atoms with Gasteiger partial charge in [0.15, 0.2) is 0 Å². The smallest absolute Gasteiger partial charge is 0.0110 e. The Morgan fingerprint density at radius 3 is 2.76 bits per heavy atom. The Labute approximate surface area is 106 Å². The van der Waals surface area contributed by atoms with Crippen molar-refractivity contribution >= 4 is 0 Å². The van der Waals surface area contributed by atoms with Gasteiger partial charge in [0.25, 0.3) is 0 Å². The van der Waals surface area contributed by atoms with Gasteiger partial charge in [0.05, 0.1) is 0 Å². The number of benzene rings is 1. The predicted octanol–water partition coefficient (Wildman–Crippen LogP) is 3.87. The quantitative estimate of drug-likeness (QED) is 0.702. The zero-order chi connectivity index (χ0) is 12.7. The molecule has 0 saturated heterocycles. The minimum Gasteiger partial charge on any atom is -0.314 e. The molecular weight excluding hydrogens is 206 g/mol. The van der Waals surface area contributed by atoms with E-state index in [4.69, 9.17) is 0 Å². The van der Waals surface area contributed by atoms with E-state index in [1.54, 1.807) is 0 Å². The molecule has 1 N–H and O–H groups in total. The Balaban J connectivity index is 2.56. The summed E-state index contributed by atoms with van der Waals surface area (Å²) in [4.78, 5) is 0.